The van der Waals surface area contributed by atoms with Crippen LogP contribution in [0.1, 0.15) is 41.0 Å². The molecule has 1 saturated heterocycles. The third kappa shape index (κ3) is 2.26. The lowest BCUT2D eigenvalue weighted by atomic mass is 9.78. The molecule has 0 aromatic carbocycles. The molecule has 0 aromatic heterocycles. The Morgan fingerprint density at radius 3 is 2.25 bits per heavy atom. The maximum atomic E-state index is 12.2. The average molecular weight is 226 g/mol. The SMILES string of the molecule is CC(C)C1(C)CC(=O)N(CC(C)(C)N)C1=O. The van der Waals surface area contributed by atoms with Gasteiger partial charge in [-0.2, -0.15) is 0 Å². The average Bonchev–Trinajstić information content (AvgIpc) is 2.28. The van der Waals surface area contributed by atoms with Gasteiger partial charge in [-0.3, -0.25) is 14.5 Å². The van der Waals surface area contributed by atoms with Crippen LogP contribution in [0.25, 0.3) is 0 Å². The summed E-state index contributed by atoms with van der Waals surface area (Å²) >= 11 is 0. The number of amides is 2. The number of hydrogen-bond donors (Lipinski definition) is 1. The van der Waals surface area contributed by atoms with Crippen molar-refractivity contribution in [3.05, 3.63) is 0 Å². The van der Waals surface area contributed by atoms with Crippen molar-refractivity contribution in [2.45, 2.75) is 46.6 Å². The fraction of sp³-hybridized carbons (Fsp3) is 0.833. The predicted molar refractivity (Wildman–Crippen MR) is 62.5 cm³/mol. The molecule has 0 bridgehead atoms. The lowest BCUT2D eigenvalue weighted by molar-refractivity contribution is -0.142. The minimum atomic E-state index is -0.553. The fourth-order valence-electron chi connectivity index (χ4n) is 1.93. The van der Waals surface area contributed by atoms with Gasteiger partial charge in [0.05, 0.1) is 5.41 Å². The maximum absolute atomic E-state index is 12.2. The van der Waals surface area contributed by atoms with Gasteiger partial charge in [0.25, 0.3) is 0 Å². The number of imide groups is 1. The zero-order valence-corrected chi connectivity index (χ0v) is 10.8. The van der Waals surface area contributed by atoms with Crippen molar-refractivity contribution in [2.24, 2.45) is 17.1 Å². The number of carbonyl (C=O) groups is 2. The number of rotatable bonds is 3. The molecular weight excluding hydrogens is 204 g/mol. The molecule has 2 N–H and O–H groups in total. The van der Waals surface area contributed by atoms with E-state index in [1.54, 1.807) is 0 Å². The summed E-state index contributed by atoms with van der Waals surface area (Å²) < 4.78 is 0. The summed E-state index contributed by atoms with van der Waals surface area (Å²) in [6, 6.07) is 0. The molecule has 16 heavy (non-hydrogen) atoms. The first kappa shape index (κ1) is 13.2. The van der Waals surface area contributed by atoms with E-state index in [-0.39, 0.29) is 17.7 Å². The van der Waals surface area contributed by atoms with E-state index in [1.807, 2.05) is 34.6 Å². The predicted octanol–water partition coefficient (Wildman–Crippen LogP) is 1.14. The monoisotopic (exact) mass is 226 g/mol. The third-order valence-electron chi connectivity index (χ3n) is 3.39. The number of nitrogens with zero attached hydrogens (tertiary/aromatic N) is 1. The molecule has 1 aliphatic heterocycles. The van der Waals surface area contributed by atoms with Crippen LogP contribution >= 0.6 is 0 Å². The Balaban J connectivity index is 2.92. The van der Waals surface area contributed by atoms with Crippen molar-refractivity contribution in [3.8, 4) is 0 Å². The molecule has 1 fully saturated rings. The van der Waals surface area contributed by atoms with Crippen molar-refractivity contribution >= 4 is 11.8 Å². The number of carbonyl (C=O) groups excluding carboxylic acids is 2. The second-order valence-electron chi connectivity index (χ2n) is 6.02. The maximum Gasteiger partial charge on any atom is 0.235 e. The first-order valence-corrected chi connectivity index (χ1v) is 5.71. The summed E-state index contributed by atoms with van der Waals surface area (Å²) in [5, 5.41) is 0. The number of hydrogen-bond acceptors (Lipinski definition) is 3. The fourth-order valence-corrected chi connectivity index (χ4v) is 1.93. The molecule has 0 aliphatic carbocycles. The minimum Gasteiger partial charge on any atom is -0.324 e. The molecule has 0 radical (unpaired) electrons. The molecule has 1 heterocycles. The van der Waals surface area contributed by atoms with Gasteiger partial charge in [0.2, 0.25) is 11.8 Å². The smallest absolute Gasteiger partial charge is 0.235 e. The molecule has 92 valence electrons. The van der Waals surface area contributed by atoms with E-state index in [4.69, 9.17) is 5.73 Å². The van der Waals surface area contributed by atoms with E-state index in [9.17, 15) is 9.59 Å². The minimum absolute atomic E-state index is 0.0778. The molecular formula is C12H22N2O2. The van der Waals surface area contributed by atoms with Crippen LogP contribution in [0, 0.1) is 11.3 Å². The molecule has 1 atom stereocenters. The molecule has 4 heteroatoms. The highest BCUT2D eigenvalue weighted by Crippen LogP contribution is 2.39. The van der Waals surface area contributed by atoms with Crippen molar-refractivity contribution in [1.82, 2.24) is 4.90 Å². The number of likely N-dealkylation sites (tertiary alicyclic amines) is 1. The van der Waals surface area contributed by atoms with E-state index in [0.717, 1.165) is 0 Å². The Hall–Kier alpha value is -0.900. The lowest BCUT2D eigenvalue weighted by Gasteiger charge is -2.29. The van der Waals surface area contributed by atoms with E-state index in [0.29, 0.717) is 13.0 Å². The van der Waals surface area contributed by atoms with Gasteiger partial charge in [-0.1, -0.05) is 13.8 Å². The zero-order valence-electron chi connectivity index (χ0n) is 10.8. The highest BCUT2D eigenvalue weighted by atomic mass is 16.2. The van der Waals surface area contributed by atoms with Gasteiger partial charge in [0.15, 0.2) is 0 Å². The Kier molecular flexibility index (Phi) is 3.16. The molecule has 0 aromatic rings. The van der Waals surface area contributed by atoms with Crippen LogP contribution in [0.5, 0.6) is 0 Å². The summed E-state index contributed by atoms with van der Waals surface area (Å²) in [5.41, 5.74) is 4.77. The quantitative estimate of drug-likeness (QED) is 0.734. The van der Waals surface area contributed by atoms with Crippen LogP contribution in [0.3, 0.4) is 0 Å². The zero-order chi connectivity index (χ0) is 12.7. The molecule has 1 unspecified atom stereocenters. The van der Waals surface area contributed by atoms with Gasteiger partial charge in [-0.05, 0) is 26.7 Å². The molecule has 0 saturated carbocycles. The standard InChI is InChI=1S/C12H22N2O2/c1-8(2)12(5)6-9(15)14(10(12)16)7-11(3,4)13/h8H,6-7,13H2,1-5H3. The van der Waals surface area contributed by atoms with Crippen LogP contribution in [0.2, 0.25) is 0 Å². The molecule has 4 nitrogen and oxygen atoms in total. The molecule has 2 amide bonds. The van der Waals surface area contributed by atoms with E-state index in [2.05, 4.69) is 0 Å². The molecule has 0 spiro atoms. The second kappa shape index (κ2) is 3.84. The Morgan fingerprint density at radius 1 is 1.44 bits per heavy atom. The van der Waals surface area contributed by atoms with Gasteiger partial charge in [0.1, 0.15) is 0 Å². The van der Waals surface area contributed by atoms with Gasteiger partial charge >= 0.3 is 0 Å². The third-order valence-corrected chi connectivity index (χ3v) is 3.39. The van der Waals surface area contributed by atoms with Crippen LogP contribution in [-0.4, -0.2) is 28.8 Å². The van der Waals surface area contributed by atoms with Gasteiger partial charge in [-0.25, -0.2) is 0 Å². The summed E-state index contributed by atoms with van der Waals surface area (Å²) in [6.45, 7) is 9.75. The van der Waals surface area contributed by atoms with Crippen molar-refractivity contribution in [1.29, 1.82) is 0 Å². The first-order valence-electron chi connectivity index (χ1n) is 5.71. The normalized spacial score (nSPS) is 27.1. The molecule has 1 aliphatic rings. The lowest BCUT2D eigenvalue weighted by Crippen LogP contribution is -2.48. The first-order chi connectivity index (χ1) is 7.08. The van der Waals surface area contributed by atoms with Crippen LogP contribution < -0.4 is 5.73 Å². The summed E-state index contributed by atoms with van der Waals surface area (Å²) in [6.07, 6.45) is 0.305. The Labute approximate surface area is 97.2 Å². The second-order valence-corrected chi connectivity index (χ2v) is 6.02. The molecule has 1 rings (SSSR count). The summed E-state index contributed by atoms with van der Waals surface area (Å²) in [4.78, 5) is 25.4. The van der Waals surface area contributed by atoms with Crippen LogP contribution in [0.15, 0.2) is 0 Å². The topological polar surface area (TPSA) is 63.4 Å². The largest absolute Gasteiger partial charge is 0.324 e. The van der Waals surface area contributed by atoms with Gasteiger partial charge < -0.3 is 5.73 Å². The van der Waals surface area contributed by atoms with Crippen molar-refractivity contribution in [2.75, 3.05) is 6.54 Å². The van der Waals surface area contributed by atoms with E-state index in [1.165, 1.54) is 4.90 Å². The van der Waals surface area contributed by atoms with Crippen LogP contribution in [0.4, 0.5) is 0 Å². The summed E-state index contributed by atoms with van der Waals surface area (Å²) in [5.74, 6) is -0.0133. The van der Waals surface area contributed by atoms with E-state index >= 15 is 0 Å². The highest BCUT2D eigenvalue weighted by molar-refractivity contribution is 6.05. The van der Waals surface area contributed by atoms with Crippen molar-refractivity contribution < 1.29 is 9.59 Å². The van der Waals surface area contributed by atoms with E-state index < -0.39 is 11.0 Å². The van der Waals surface area contributed by atoms with Gasteiger partial charge in [-0.15, -0.1) is 0 Å². The van der Waals surface area contributed by atoms with Crippen molar-refractivity contribution in [3.63, 3.8) is 0 Å². The number of nitrogens with two attached hydrogens (primary N) is 1. The highest BCUT2D eigenvalue weighted by Gasteiger charge is 2.50. The van der Waals surface area contributed by atoms with Crippen LogP contribution in [-0.2, 0) is 9.59 Å². The van der Waals surface area contributed by atoms with Gasteiger partial charge in [0, 0.05) is 18.5 Å². The summed E-state index contributed by atoms with van der Waals surface area (Å²) in [7, 11) is 0. The Bertz CT molecular complexity index is 317. The Morgan fingerprint density at radius 2 is 1.94 bits per heavy atom.